The van der Waals surface area contributed by atoms with Gasteiger partial charge in [0, 0.05) is 12.6 Å². The molecule has 2 aromatic rings. The summed E-state index contributed by atoms with van der Waals surface area (Å²) in [5.41, 5.74) is 5.21. The molecule has 0 amide bonds. The van der Waals surface area contributed by atoms with Crippen LogP contribution < -0.4 is 5.32 Å². The van der Waals surface area contributed by atoms with E-state index in [1.165, 1.54) is 11.1 Å². The molecule has 120 valence electrons. The van der Waals surface area contributed by atoms with Gasteiger partial charge in [0.05, 0.1) is 18.1 Å². The highest BCUT2D eigenvalue weighted by atomic mass is 35.5. The second-order valence-electron chi connectivity index (χ2n) is 6.00. The number of nitrogens with zero attached hydrogens (tertiary/aromatic N) is 3. The van der Waals surface area contributed by atoms with Crippen molar-refractivity contribution in [1.82, 2.24) is 10.2 Å². The molecule has 2 aliphatic rings. The van der Waals surface area contributed by atoms with Crippen LogP contribution >= 0.6 is 11.6 Å². The van der Waals surface area contributed by atoms with Crippen LogP contribution in [0.15, 0.2) is 69.4 Å². The first kappa shape index (κ1) is 15.0. The van der Waals surface area contributed by atoms with E-state index in [1.807, 2.05) is 30.1 Å². The van der Waals surface area contributed by atoms with Crippen LogP contribution in [-0.4, -0.2) is 24.1 Å². The van der Waals surface area contributed by atoms with Crippen LogP contribution in [0.2, 0.25) is 0 Å². The molecule has 0 radical (unpaired) electrons. The molecule has 0 spiro atoms. The van der Waals surface area contributed by atoms with E-state index in [0.29, 0.717) is 5.16 Å². The van der Waals surface area contributed by atoms with Crippen LogP contribution in [0.3, 0.4) is 0 Å². The van der Waals surface area contributed by atoms with Crippen LogP contribution in [0.1, 0.15) is 22.7 Å². The minimum Gasteiger partial charge on any atom is -0.369 e. The van der Waals surface area contributed by atoms with E-state index in [4.69, 9.17) is 16.6 Å². The molecule has 2 aromatic carbocycles. The molecule has 1 N–H and O–H groups in total. The number of fused-ring (bicyclic) bond motifs is 2. The van der Waals surface area contributed by atoms with Gasteiger partial charge in [0.15, 0.2) is 11.0 Å². The number of aryl methyl sites for hydroxylation is 1. The Labute approximate surface area is 146 Å². The van der Waals surface area contributed by atoms with Crippen LogP contribution in [0, 0.1) is 6.92 Å². The molecule has 0 fully saturated rings. The largest absolute Gasteiger partial charge is 0.369 e. The first-order valence-electron chi connectivity index (χ1n) is 7.81. The molecule has 0 aromatic heterocycles. The third-order valence-corrected chi connectivity index (χ3v) is 4.57. The number of para-hydroxylation sites is 1. The molecule has 24 heavy (non-hydrogen) atoms. The Morgan fingerprint density at radius 3 is 2.62 bits per heavy atom. The average Bonchev–Trinajstić information content (AvgIpc) is 2.77. The zero-order valence-electron chi connectivity index (χ0n) is 13.5. The lowest BCUT2D eigenvalue weighted by Crippen LogP contribution is -2.36. The minimum atomic E-state index is -0.0338. The number of halogens is 1. The lowest BCUT2D eigenvalue weighted by molar-refractivity contribution is 0.685. The molecule has 0 bridgehead atoms. The van der Waals surface area contributed by atoms with E-state index in [0.717, 1.165) is 22.8 Å². The number of aliphatic imine (C=N–C) groups is 2. The smallest absolute Gasteiger partial charge is 0.160 e. The number of benzene rings is 2. The molecular weight excluding hydrogens is 320 g/mol. The van der Waals surface area contributed by atoms with E-state index >= 15 is 0 Å². The molecule has 2 heterocycles. The van der Waals surface area contributed by atoms with Gasteiger partial charge in [-0.3, -0.25) is 0 Å². The first-order valence-corrected chi connectivity index (χ1v) is 8.19. The van der Waals surface area contributed by atoms with Gasteiger partial charge in [-0.1, -0.05) is 59.6 Å². The highest BCUT2D eigenvalue weighted by Gasteiger charge is 2.28. The van der Waals surface area contributed by atoms with Gasteiger partial charge in [0.2, 0.25) is 0 Å². The second-order valence-corrected chi connectivity index (χ2v) is 6.36. The van der Waals surface area contributed by atoms with Crippen molar-refractivity contribution in [3.63, 3.8) is 0 Å². The molecule has 1 unspecified atom stereocenters. The van der Waals surface area contributed by atoms with Crippen molar-refractivity contribution in [3.05, 3.63) is 76.1 Å². The Hall–Kier alpha value is -2.59. The molecule has 4 nitrogen and oxygen atoms in total. The third kappa shape index (κ3) is 2.49. The SMILES string of the molecule is Cc1ccc(C2NC3=C(Cl)N=CN(C)C3=Nc3ccccc32)cc1. The summed E-state index contributed by atoms with van der Waals surface area (Å²) in [5.74, 6) is 0.775. The normalized spacial score (nSPS) is 19.2. The van der Waals surface area contributed by atoms with Gasteiger partial charge < -0.3 is 10.2 Å². The van der Waals surface area contributed by atoms with Crippen molar-refractivity contribution in [2.24, 2.45) is 9.98 Å². The van der Waals surface area contributed by atoms with E-state index in [9.17, 15) is 0 Å². The van der Waals surface area contributed by atoms with E-state index in [1.54, 1.807) is 6.34 Å². The fraction of sp³-hybridized carbons (Fsp3) is 0.158. The summed E-state index contributed by atoms with van der Waals surface area (Å²) in [4.78, 5) is 11.0. The van der Waals surface area contributed by atoms with Gasteiger partial charge >= 0.3 is 0 Å². The molecule has 0 aliphatic carbocycles. The summed E-state index contributed by atoms with van der Waals surface area (Å²) in [7, 11) is 1.92. The van der Waals surface area contributed by atoms with Gasteiger partial charge in [-0.05, 0) is 18.6 Å². The molecule has 0 saturated heterocycles. The summed E-state index contributed by atoms with van der Waals surface area (Å²) in [6.07, 6.45) is 1.68. The molecule has 0 saturated carbocycles. The number of amidine groups is 1. The van der Waals surface area contributed by atoms with Crippen molar-refractivity contribution < 1.29 is 0 Å². The van der Waals surface area contributed by atoms with Crippen molar-refractivity contribution >= 4 is 29.5 Å². The lowest BCUT2D eigenvalue weighted by Gasteiger charge is -2.25. The van der Waals surface area contributed by atoms with Gasteiger partial charge in [0.25, 0.3) is 0 Å². The zero-order chi connectivity index (χ0) is 16.7. The Morgan fingerprint density at radius 2 is 1.83 bits per heavy atom. The molecule has 2 aliphatic heterocycles. The van der Waals surface area contributed by atoms with Crippen molar-refractivity contribution in [3.8, 4) is 0 Å². The van der Waals surface area contributed by atoms with Crippen LogP contribution in [0.5, 0.6) is 0 Å². The number of hydrogen-bond acceptors (Lipinski definition) is 4. The highest BCUT2D eigenvalue weighted by Crippen LogP contribution is 2.36. The number of likely N-dealkylation sites (N-methyl/N-ethyl adjacent to an activating group) is 1. The fourth-order valence-electron chi connectivity index (χ4n) is 2.98. The van der Waals surface area contributed by atoms with Crippen LogP contribution in [-0.2, 0) is 0 Å². The molecule has 4 rings (SSSR count). The average molecular weight is 337 g/mol. The van der Waals surface area contributed by atoms with E-state index in [2.05, 4.69) is 47.6 Å². The quantitative estimate of drug-likeness (QED) is 0.796. The second kappa shape index (κ2) is 5.80. The van der Waals surface area contributed by atoms with Crippen molar-refractivity contribution in [1.29, 1.82) is 0 Å². The monoisotopic (exact) mass is 336 g/mol. The van der Waals surface area contributed by atoms with Crippen LogP contribution in [0.4, 0.5) is 5.69 Å². The fourth-order valence-corrected chi connectivity index (χ4v) is 3.16. The number of rotatable bonds is 1. The summed E-state index contributed by atoms with van der Waals surface area (Å²) in [6.45, 7) is 2.09. The summed E-state index contributed by atoms with van der Waals surface area (Å²) in [5, 5.41) is 3.98. The first-order chi connectivity index (χ1) is 11.6. The number of hydrogen-bond donors (Lipinski definition) is 1. The highest BCUT2D eigenvalue weighted by molar-refractivity contribution is 6.33. The molecule has 1 atom stereocenters. The zero-order valence-corrected chi connectivity index (χ0v) is 14.2. The lowest BCUT2D eigenvalue weighted by atomic mass is 9.96. The van der Waals surface area contributed by atoms with Crippen LogP contribution in [0.25, 0.3) is 0 Å². The van der Waals surface area contributed by atoms with Crippen molar-refractivity contribution in [2.75, 3.05) is 7.05 Å². The molecular formula is C19H17ClN4. The van der Waals surface area contributed by atoms with Gasteiger partial charge in [0.1, 0.15) is 5.70 Å². The standard InChI is InChI=1S/C19H17ClN4/c1-12-7-9-13(10-8-12)16-14-5-3-4-6-15(14)22-19-17(23-16)18(20)21-11-24(19)2/h3-11,16,23H,1-2H3. The minimum absolute atomic E-state index is 0.0338. The topological polar surface area (TPSA) is 40.0 Å². The number of nitrogens with one attached hydrogen (secondary N) is 1. The Bertz CT molecular complexity index is 880. The summed E-state index contributed by atoms with van der Waals surface area (Å²) < 4.78 is 0. The maximum absolute atomic E-state index is 6.36. The predicted molar refractivity (Wildman–Crippen MR) is 98.8 cm³/mol. The predicted octanol–water partition coefficient (Wildman–Crippen LogP) is 4.10. The maximum Gasteiger partial charge on any atom is 0.160 e. The van der Waals surface area contributed by atoms with Gasteiger partial charge in [-0.2, -0.15) is 0 Å². The molecule has 5 heteroatoms. The van der Waals surface area contributed by atoms with E-state index in [-0.39, 0.29) is 6.04 Å². The summed E-state index contributed by atoms with van der Waals surface area (Å²) >= 11 is 6.36. The van der Waals surface area contributed by atoms with E-state index < -0.39 is 0 Å². The summed E-state index contributed by atoms with van der Waals surface area (Å²) in [6, 6.07) is 16.6. The Kier molecular flexibility index (Phi) is 3.62. The Balaban J connectivity index is 1.91. The third-order valence-electron chi connectivity index (χ3n) is 4.28. The van der Waals surface area contributed by atoms with Gasteiger partial charge in [-0.25, -0.2) is 9.98 Å². The van der Waals surface area contributed by atoms with Gasteiger partial charge in [-0.15, -0.1) is 0 Å². The maximum atomic E-state index is 6.36. The Morgan fingerprint density at radius 1 is 1.08 bits per heavy atom. The van der Waals surface area contributed by atoms with Crippen molar-refractivity contribution in [2.45, 2.75) is 13.0 Å².